The second-order valence-electron chi connectivity index (χ2n) is 4.75. The van der Waals surface area contributed by atoms with Crippen LogP contribution in [0.3, 0.4) is 0 Å². The number of hydrogen-bond donors (Lipinski definition) is 1. The Morgan fingerprint density at radius 3 is 2.31 bits per heavy atom. The number of carbonyl (C=O) groups excluding carboxylic acids is 1. The predicted molar refractivity (Wildman–Crippen MR) is 53.6 cm³/mol. The highest BCUT2D eigenvalue weighted by Gasteiger charge is 2.44. The third-order valence-corrected chi connectivity index (χ3v) is 3.10. The van der Waals surface area contributed by atoms with Crippen molar-refractivity contribution in [2.24, 2.45) is 11.7 Å². The Balaban J connectivity index is 2.33. The molecule has 0 radical (unpaired) electrons. The molecule has 2 N–H and O–H groups in total. The molecule has 0 unspecified atom stereocenters. The quantitative estimate of drug-likeness (QED) is 0.810. The van der Waals surface area contributed by atoms with E-state index in [1.807, 2.05) is 13.8 Å². The summed E-state index contributed by atoms with van der Waals surface area (Å²) in [4.78, 5) is 12.7. The van der Waals surface area contributed by atoms with Gasteiger partial charge in [0, 0.05) is 19.5 Å². The number of likely N-dealkylation sites (tertiary alicyclic amines) is 1. The maximum absolute atomic E-state index is 11.9. The average Bonchev–Trinajstić information content (AvgIpc) is 2.07. The van der Waals surface area contributed by atoms with Crippen LogP contribution in [0.25, 0.3) is 0 Å². The Hall–Kier alpha value is -0.780. The fourth-order valence-electron chi connectivity index (χ4n) is 1.61. The van der Waals surface area contributed by atoms with Gasteiger partial charge in [-0.1, -0.05) is 13.8 Å². The van der Waals surface area contributed by atoms with Crippen molar-refractivity contribution < 1.29 is 18.0 Å². The Bertz CT molecular complexity index is 270. The molecule has 0 saturated carbocycles. The van der Waals surface area contributed by atoms with Crippen LogP contribution in [-0.2, 0) is 4.79 Å². The third kappa shape index (κ3) is 3.10. The Morgan fingerprint density at radius 1 is 1.44 bits per heavy atom. The molecular weight excluding hydrogens is 221 g/mol. The van der Waals surface area contributed by atoms with Crippen LogP contribution in [0.2, 0.25) is 0 Å². The van der Waals surface area contributed by atoms with Crippen molar-refractivity contribution in [3.05, 3.63) is 0 Å². The summed E-state index contributed by atoms with van der Waals surface area (Å²) >= 11 is 0. The fourth-order valence-corrected chi connectivity index (χ4v) is 1.61. The normalized spacial score (nSPS) is 19.8. The SMILES string of the molecule is CC(C)C1(N)CN(C(=O)CCC(F)(F)F)C1. The second-order valence-corrected chi connectivity index (χ2v) is 4.75. The summed E-state index contributed by atoms with van der Waals surface area (Å²) in [6, 6.07) is 0. The summed E-state index contributed by atoms with van der Waals surface area (Å²) in [6.07, 6.45) is -5.79. The van der Waals surface area contributed by atoms with E-state index in [0.29, 0.717) is 13.1 Å². The first-order valence-electron chi connectivity index (χ1n) is 5.27. The summed E-state index contributed by atoms with van der Waals surface area (Å²) in [6.45, 7) is 4.61. The van der Waals surface area contributed by atoms with Gasteiger partial charge < -0.3 is 10.6 Å². The Morgan fingerprint density at radius 2 is 1.94 bits per heavy atom. The van der Waals surface area contributed by atoms with Gasteiger partial charge in [0.05, 0.1) is 12.0 Å². The van der Waals surface area contributed by atoms with Crippen molar-refractivity contribution in [1.82, 2.24) is 4.90 Å². The average molecular weight is 238 g/mol. The highest BCUT2D eigenvalue weighted by atomic mass is 19.4. The number of rotatable bonds is 3. The minimum Gasteiger partial charge on any atom is -0.339 e. The maximum Gasteiger partial charge on any atom is 0.389 e. The van der Waals surface area contributed by atoms with Gasteiger partial charge in [0.15, 0.2) is 0 Å². The van der Waals surface area contributed by atoms with Crippen LogP contribution in [0.5, 0.6) is 0 Å². The highest BCUT2D eigenvalue weighted by Crippen LogP contribution is 2.28. The number of carbonyl (C=O) groups is 1. The number of hydrogen-bond acceptors (Lipinski definition) is 2. The van der Waals surface area contributed by atoms with E-state index in [1.165, 1.54) is 4.90 Å². The lowest BCUT2D eigenvalue weighted by molar-refractivity contribution is -0.154. The third-order valence-electron chi connectivity index (χ3n) is 3.10. The first kappa shape index (κ1) is 13.3. The van der Waals surface area contributed by atoms with Gasteiger partial charge in [-0.25, -0.2) is 0 Å². The van der Waals surface area contributed by atoms with Crippen LogP contribution in [0, 0.1) is 5.92 Å². The second kappa shape index (κ2) is 4.24. The number of halogens is 3. The Kier molecular flexibility index (Phi) is 3.52. The number of alkyl halides is 3. The maximum atomic E-state index is 11.9. The molecule has 0 aromatic rings. The van der Waals surface area contributed by atoms with Crippen LogP contribution < -0.4 is 5.73 Å². The molecule has 1 aliphatic heterocycles. The van der Waals surface area contributed by atoms with Crippen molar-refractivity contribution in [3.63, 3.8) is 0 Å². The fraction of sp³-hybridized carbons (Fsp3) is 0.900. The number of amides is 1. The van der Waals surface area contributed by atoms with Crippen molar-refractivity contribution in [2.75, 3.05) is 13.1 Å². The van der Waals surface area contributed by atoms with Crippen molar-refractivity contribution in [3.8, 4) is 0 Å². The van der Waals surface area contributed by atoms with Gasteiger partial charge in [-0.3, -0.25) is 4.79 Å². The molecular formula is C10H17F3N2O. The molecule has 1 amide bonds. The number of nitrogens with two attached hydrogens (primary N) is 1. The smallest absolute Gasteiger partial charge is 0.339 e. The van der Waals surface area contributed by atoms with Crippen LogP contribution in [0.4, 0.5) is 13.2 Å². The molecule has 1 rings (SSSR count). The molecule has 3 nitrogen and oxygen atoms in total. The summed E-state index contributed by atoms with van der Waals surface area (Å²) in [5.41, 5.74) is 5.52. The van der Waals surface area contributed by atoms with E-state index >= 15 is 0 Å². The summed E-state index contributed by atoms with van der Waals surface area (Å²) < 4.78 is 35.7. The Labute approximate surface area is 92.8 Å². The van der Waals surface area contributed by atoms with E-state index < -0.39 is 30.5 Å². The number of nitrogens with zero attached hydrogens (tertiary/aromatic N) is 1. The molecule has 6 heteroatoms. The molecule has 0 spiro atoms. The van der Waals surface area contributed by atoms with Crippen LogP contribution in [0.1, 0.15) is 26.7 Å². The molecule has 0 bridgehead atoms. The summed E-state index contributed by atoms with van der Waals surface area (Å²) in [5, 5.41) is 0. The molecule has 1 heterocycles. The molecule has 1 aliphatic rings. The molecule has 0 atom stereocenters. The standard InChI is InChI=1S/C10H17F3N2O/c1-7(2)9(14)5-15(6-9)8(16)3-4-10(11,12)13/h7H,3-6,14H2,1-2H3. The monoisotopic (exact) mass is 238 g/mol. The zero-order valence-corrected chi connectivity index (χ0v) is 9.47. The van der Waals surface area contributed by atoms with Gasteiger partial charge >= 0.3 is 6.18 Å². The van der Waals surface area contributed by atoms with E-state index in [1.54, 1.807) is 0 Å². The predicted octanol–water partition coefficient (Wildman–Crippen LogP) is 1.52. The van der Waals surface area contributed by atoms with E-state index in [-0.39, 0.29) is 5.92 Å². The topological polar surface area (TPSA) is 46.3 Å². The summed E-state index contributed by atoms with van der Waals surface area (Å²) in [5.74, 6) is -0.238. The zero-order valence-electron chi connectivity index (χ0n) is 9.47. The van der Waals surface area contributed by atoms with Crippen molar-refractivity contribution in [1.29, 1.82) is 0 Å². The van der Waals surface area contributed by atoms with Crippen LogP contribution in [-0.4, -0.2) is 35.6 Å². The highest BCUT2D eigenvalue weighted by molar-refractivity contribution is 5.77. The largest absolute Gasteiger partial charge is 0.389 e. The van der Waals surface area contributed by atoms with Gasteiger partial charge in [-0.2, -0.15) is 13.2 Å². The molecule has 94 valence electrons. The van der Waals surface area contributed by atoms with E-state index in [9.17, 15) is 18.0 Å². The lowest BCUT2D eigenvalue weighted by atomic mass is 9.80. The van der Waals surface area contributed by atoms with E-state index in [4.69, 9.17) is 5.73 Å². The van der Waals surface area contributed by atoms with Crippen molar-refractivity contribution >= 4 is 5.91 Å². The lowest BCUT2D eigenvalue weighted by Gasteiger charge is -2.50. The zero-order chi connectivity index (χ0) is 12.6. The van der Waals surface area contributed by atoms with E-state index in [2.05, 4.69) is 0 Å². The van der Waals surface area contributed by atoms with E-state index in [0.717, 1.165) is 0 Å². The van der Waals surface area contributed by atoms with Gasteiger partial charge in [0.1, 0.15) is 0 Å². The lowest BCUT2D eigenvalue weighted by Crippen LogP contribution is -2.71. The van der Waals surface area contributed by atoms with Gasteiger partial charge in [-0.15, -0.1) is 0 Å². The molecule has 1 saturated heterocycles. The first-order valence-corrected chi connectivity index (χ1v) is 5.27. The van der Waals surface area contributed by atoms with Gasteiger partial charge in [0.2, 0.25) is 5.91 Å². The van der Waals surface area contributed by atoms with Gasteiger partial charge in [0.25, 0.3) is 0 Å². The minimum atomic E-state index is -4.27. The molecule has 1 fully saturated rings. The minimum absolute atomic E-state index is 0.221. The molecule has 0 aliphatic carbocycles. The van der Waals surface area contributed by atoms with Gasteiger partial charge in [-0.05, 0) is 5.92 Å². The molecule has 0 aromatic carbocycles. The molecule has 16 heavy (non-hydrogen) atoms. The van der Waals surface area contributed by atoms with Crippen molar-refractivity contribution in [2.45, 2.75) is 38.4 Å². The van der Waals surface area contributed by atoms with Crippen LogP contribution >= 0.6 is 0 Å². The molecule has 0 aromatic heterocycles. The summed E-state index contributed by atoms with van der Waals surface area (Å²) in [7, 11) is 0. The first-order chi connectivity index (χ1) is 7.14. The van der Waals surface area contributed by atoms with Crippen LogP contribution in [0.15, 0.2) is 0 Å².